The smallest absolute Gasteiger partial charge is 0.312 e. The summed E-state index contributed by atoms with van der Waals surface area (Å²) in [6.45, 7) is 0.634. The molecule has 10 N–H and O–H groups in total. The first-order chi connectivity index (χ1) is 19.9. The highest BCUT2D eigenvalue weighted by atomic mass is 32.2. The molecule has 1 atom stereocenters. The van der Waals surface area contributed by atoms with Gasteiger partial charge in [0.2, 0.25) is 15.9 Å². The molecule has 0 aromatic heterocycles. The molecule has 1 aliphatic heterocycles. The Balaban J connectivity index is 1.62. The molecule has 1 saturated heterocycles. The SMILES string of the molecule is N=C(N)c1cccc(C[C@H](NS(=O)(=O)c2cccc(-c3cccc(C(=N)N)c3)c2)C(=O)N2CCC(NC(N)=O)CC2)c1. The van der Waals surface area contributed by atoms with Crippen LogP contribution in [0.15, 0.2) is 77.7 Å². The predicted molar refractivity (Wildman–Crippen MR) is 160 cm³/mol. The molecule has 12 nitrogen and oxygen atoms in total. The zero-order chi connectivity index (χ0) is 30.4. The van der Waals surface area contributed by atoms with Gasteiger partial charge in [-0.1, -0.05) is 48.5 Å². The summed E-state index contributed by atoms with van der Waals surface area (Å²) in [6, 6.07) is 18.0. The van der Waals surface area contributed by atoms with Crippen LogP contribution in [0.5, 0.6) is 0 Å². The molecule has 1 fully saturated rings. The molecule has 1 heterocycles. The molecule has 42 heavy (non-hydrogen) atoms. The number of nitrogens with two attached hydrogens (primary N) is 3. The van der Waals surface area contributed by atoms with Crippen LogP contribution >= 0.6 is 0 Å². The number of hydrogen-bond acceptors (Lipinski definition) is 6. The second kappa shape index (κ2) is 12.8. The van der Waals surface area contributed by atoms with E-state index in [-0.39, 0.29) is 29.0 Å². The monoisotopic (exact) mass is 590 g/mol. The Hall–Kier alpha value is -4.75. The number of benzene rings is 3. The zero-order valence-corrected chi connectivity index (χ0v) is 23.7. The summed E-state index contributed by atoms with van der Waals surface area (Å²) in [4.78, 5) is 26.5. The number of rotatable bonds is 10. The number of urea groups is 1. The maximum atomic E-state index is 13.7. The lowest BCUT2D eigenvalue weighted by Gasteiger charge is -2.34. The van der Waals surface area contributed by atoms with Gasteiger partial charge in [0.15, 0.2) is 0 Å². The van der Waals surface area contributed by atoms with Crippen molar-refractivity contribution in [2.75, 3.05) is 13.1 Å². The van der Waals surface area contributed by atoms with Crippen LogP contribution in [0.1, 0.15) is 29.5 Å². The van der Waals surface area contributed by atoms with E-state index >= 15 is 0 Å². The lowest BCUT2D eigenvalue weighted by molar-refractivity contribution is -0.134. The Morgan fingerprint density at radius 2 is 1.43 bits per heavy atom. The van der Waals surface area contributed by atoms with E-state index in [0.29, 0.717) is 53.7 Å². The molecule has 3 amide bonds. The minimum absolute atomic E-state index is 0.0268. The lowest BCUT2D eigenvalue weighted by Crippen LogP contribution is -2.54. The van der Waals surface area contributed by atoms with Crippen LogP contribution < -0.4 is 27.2 Å². The standard InChI is InChI=1S/C29H34N8O4S/c30-26(31)21-7-1-4-18(14-21)15-25(28(38)37-12-10-23(11-13-37)35-29(34)39)36-42(40,41)24-9-3-6-20(17-24)19-5-2-8-22(16-19)27(32)33/h1-9,14,16-17,23,25,36H,10-13,15H2,(H3,30,31)(H3,32,33)(H3,34,35,39)/t25-/m0/s1. The van der Waals surface area contributed by atoms with Crippen molar-refractivity contribution < 1.29 is 18.0 Å². The molecule has 0 unspecified atom stereocenters. The average Bonchev–Trinajstić information content (AvgIpc) is 2.96. The number of amidine groups is 2. The summed E-state index contributed by atoms with van der Waals surface area (Å²) in [7, 11) is -4.18. The molecule has 0 bridgehead atoms. The van der Waals surface area contributed by atoms with Gasteiger partial charge in [0.25, 0.3) is 0 Å². The molecule has 4 rings (SSSR count). The summed E-state index contributed by atoms with van der Waals surface area (Å²) in [5.41, 5.74) is 19.4. The molecule has 220 valence electrons. The Kier molecular flexibility index (Phi) is 9.23. The number of hydrogen-bond donors (Lipinski definition) is 7. The van der Waals surface area contributed by atoms with Gasteiger partial charge in [0.1, 0.15) is 17.7 Å². The first-order valence-corrected chi connectivity index (χ1v) is 14.8. The van der Waals surface area contributed by atoms with E-state index in [2.05, 4.69) is 10.0 Å². The van der Waals surface area contributed by atoms with Crippen LogP contribution in [0.4, 0.5) is 4.79 Å². The third kappa shape index (κ3) is 7.50. The van der Waals surface area contributed by atoms with Crippen LogP contribution in [0.25, 0.3) is 11.1 Å². The maximum absolute atomic E-state index is 13.7. The lowest BCUT2D eigenvalue weighted by atomic mass is 10.0. The minimum atomic E-state index is -4.18. The molecule has 0 spiro atoms. The molecular weight excluding hydrogens is 556 g/mol. The first-order valence-electron chi connectivity index (χ1n) is 13.3. The zero-order valence-electron chi connectivity index (χ0n) is 22.8. The van der Waals surface area contributed by atoms with Crippen molar-refractivity contribution in [2.24, 2.45) is 17.2 Å². The molecular formula is C29H34N8O4S. The average molecular weight is 591 g/mol. The Bertz CT molecular complexity index is 1620. The van der Waals surface area contributed by atoms with Gasteiger partial charge in [0, 0.05) is 30.3 Å². The van der Waals surface area contributed by atoms with Crippen molar-refractivity contribution in [1.82, 2.24) is 14.9 Å². The van der Waals surface area contributed by atoms with E-state index in [1.807, 2.05) is 0 Å². The van der Waals surface area contributed by atoms with Crippen molar-refractivity contribution in [3.63, 3.8) is 0 Å². The van der Waals surface area contributed by atoms with Crippen LogP contribution in [-0.2, 0) is 21.2 Å². The third-order valence-corrected chi connectivity index (χ3v) is 8.55. The van der Waals surface area contributed by atoms with Crippen LogP contribution in [0.3, 0.4) is 0 Å². The summed E-state index contributed by atoms with van der Waals surface area (Å²) in [5, 5.41) is 18.1. The van der Waals surface area contributed by atoms with Crippen LogP contribution in [0.2, 0.25) is 0 Å². The highest BCUT2D eigenvalue weighted by Gasteiger charge is 2.32. The van der Waals surface area contributed by atoms with Crippen LogP contribution in [0, 0.1) is 10.8 Å². The summed E-state index contributed by atoms with van der Waals surface area (Å²) in [6.07, 6.45) is 0.990. The number of likely N-dealkylation sites (tertiary alicyclic amines) is 1. The quantitative estimate of drug-likeness (QED) is 0.137. The highest BCUT2D eigenvalue weighted by Crippen LogP contribution is 2.24. The van der Waals surface area contributed by atoms with Gasteiger partial charge in [-0.3, -0.25) is 15.6 Å². The Morgan fingerprint density at radius 1 is 0.857 bits per heavy atom. The second-order valence-corrected chi connectivity index (χ2v) is 11.8. The van der Waals surface area contributed by atoms with E-state index in [9.17, 15) is 18.0 Å². The number of piperidine rings is 1. The third-order valence-electron chi connectivity index (χ3n) is 7.08. The van der Waals surface area contributed by atoms with Gasteiger partial charge in [-0.15, -0.1) is 0 Å². The molecule has 1 aliphatic rings. The van der Waals surface area contributed by atoms with Gasteiger partial charge < -0.3 is 27.4 Å². The van der Waals surface area contributed by atoms with Crippen molar-refractivity contribution >= 4 is 33.6 Å². The summed E-state index contributed by atoms with van der Waals surface area (Å²) in [5.74, 6) is -0.656. The van der Waals surface area contributed by atoms with E-state index in [0.717, 1.165) is 0 Å². The van der Waals surface area contributed by atoms with Crippen molar-refractivity contribution in [3.8, 4) is 11.1 Å². The first kappa shape index (κ1) is 30.2. The molecule has 3 aromatic carbocycles. The highest BCUT2D eigenvalue weighted by molar-refractivity contribution is 7.89. The number of primary amides is 1. The topological polar surface area (TPSA) is 221 Å². The summed E-state index contributed by atoms with van der Waals surface area (Å²) >= 11 is 0. The molecule has 3 aromatic rings. The van der Waals surface area contributed by atoms with E-state index < -0.39 is 28.0 Å². The number of nitrogens with zero attached hydrogens (tertiary/aromatic N) is 1. The van der Waals surface area contributed by atoms with E-state index in [1.165, 1.54) is 12.1 Å². The molecule has 0 saturated carbocycles. The largest absolute Gasteiger partial charge is 0.384 e. The number of nitrogen functional groups attached to an aromatic ring is 2. The second-order valence-electron chi connectivity index (χ2n) is 10.1. The number of nitrogens with one attached hydrogen (secondary N) is 4. The Morgan fingerprint density at radius 3 is 2.05 bits per heavy atom. The number of sulfonamides is 1. The van der Waals surface area contributed by atoms with Crippen molar-refractivity contribution in [2.45, 2.75) is 36.2 Å². The number of carbonyl (C=O) groups is 2. The fourth-order valence-electron chi connectivity index (χ4n) is 4.91. The van der Waals surface area contributed by atoms with Gasteiger partial charge in [-0.05, 0) is 60.2 Å². The van der Waals surface area contributed by atoms with Gasteiger partial charge >= 0.3 is 6.03 Å². The van der Waals surface area contributed by atoms with Crippen molar-refractivity contribution in [3.05, 3.63) is 89.5 Å². The molecule has 0 aliphatic carbocycles. The number of carbonyl (C=O) groups excluding carboxylic acids is 2. The fourth-order valence-corrected chi connectivity index (χ4v) is 6.15. The summed E-state index contributed by atoms with van der Waals surface area (Å²) < 4.78 is 30.0. The predicted octanol–water partition coefficient (Wildman–Crippen LogP) is 1.47. The van der Waals surface area contributed by atoms with Gasteiger partial charge in [0.05, 0.1) is 4.90 Å². The molecule has 13 heteroatoms. The number of amides is 3. The molecule has 0 radical (unpaired) electrons. The fraction of sp³-hybridized carbons (Fsp3) is 0.241. The Labute approximate surface area is 244 Å². The normalized spacial score (nSPS) is 14.6. The minimum Gasteiger partial charge on any atom is -0.384 e. The van der Waals surface area contributed by atoms with Crippen LogP contribution in [-0.4, -0.2) is 62.1 Å². The maximum Gasteiger partial charge on any atom is 0.312 e. The van der Waals surface area contributed by atoms with E-state index in [4.69, 9.17) is 28.0 Å². The van der Waals surface area contributed by atoms with E-state index in [1.54, 1.807) is 65.6 Å². The van der Waals surface area contributed by atoms with Crippen molar-refractivity contribution in [1.29, 1.82) is 10.8 Å². The van der Waals surface area contributed by atoms with Gasteiger partial charge in [-0.2, -0.15) is 4.72 Å². The van der Waals surface area contributed by atoms with Gasteiger partial charge in [-0.25, -0.2) is 13.2 Å².